The molecule has 0 fully saturated rings. The number of aryl methyl sites for hydroxylation is 1. The Kier molecular flexibility index (Phi) is 3.98. The Labute approximate surface area is 121 Å². The zero-order valence-corrected chi connectivity index (χ0v) is 11.6. The highest BCUT2D eigenvalue weighted by molar-refractivity contribution is 7.13. The first-order valence-electron chi connectivity index (χ1n) is 5.69. The highest BCUT2D eigenvalue weighted by Gasteiger charge is 2.17. The Morgan fingerprint density at radius 2 is 2.24 bits per heavy atom. The Balaban J connectivity index is 2.02. The zero-order chi connectivity index (χ0) is 15.6. The van der Waals surface area contributed by atoms with Gasteiger partial charge in [0.2, 0.25) is 0 Å². The van der Waals surface area contributed by atoms with Crippen LogP contribution in [0.1, 0.15) is 30.9 Å². The number of nitrogens with zero attached hydrogens (tertiary/aromatic N) is 2. The van der Waals surface area contributed by atoms with Gasteiger partial charge in [0.25, 0.3) is 5.91 Å². The van der Waals surface area contributed by atoms with Crippen LogP contribution in [0.15, 0.2) is 12.1 Å². The number of nitro groups is 1. The third-order valence-electron chi connectivity index (χ3n) is 2.55. The van der Waals surface area contributed by atoms with Crippen molar-refractivity contribution in [1.82, 2.24) is 15.3 Å². The molecule has 0 aliphatic rings. The lowest BCUT2D eigenvalue weighted by Gasteiger charge is -1.98. The van der Waals surface area contributed by atoms with Crippen LogP contribution in [0.4, 0.5) is 5.82 Å². The number of carbonyl (C=O) groups excluding carboxylic acids is 1. The second-order valence-corrected chi connectivity index (χ2v) is 5.11. The average Bonchev–Trinajstić information content (AvgIpc) is 3.02. The number of carboxylic acids is 1. The molecule has 9 nitrogen and oxygen atoms in total. The Bertz CT molecular complexity index is 720. The highest BCUT2D eigenvalue weighted by Crippen LogP contribution is 2.18. The van der Waals surface area contributed by atoms with Crippen molar-refractivity contribution in [2.75, 3.05) is 0 Å². The van der Waals surface area contributed by atoms with Crippen molar-refractivity contribution < 1.29 is 19.6 Å². The first kappa shape index (κ1) is 14.7. The molecule has 2 heterocycles. The molecule has 0 saturated carbocycles. The van der Waals surface area contributed by atoms with Gasteiger partial charge in [0.05, 0.1) is 12.2 Å². The van der Waals surface area contributed by atoms with Crippen molar-refractivity contribution in [3.05, 3.63) is 43.5 Å². The van der Waals surface area contributed by atoms with Crippen LogP contribution in [0.2, 0.25) is 0 Å². The monoisotopic (exact) mass is 310 g/mol. The fourth-order valence-electron chi connectivity index (χ4n) is 1.60. The Hall–Kier alpha value is -2.75. The molecular weight excluding hydrogens is 300 g/mol. The number of rotatable bonds is 5. The first-order valence-corrected chi connectivity index (χ1v) is 6.51. The third kappa shape index (κ3) is 3.23. The number of thiazole rings is 1. The summed E-state index contributed by atoms with van der Waals surface area (Å²) in [5.41, 5.74) is 0.431. The molecule has 0 unspecified atom stereocenters. The van der Waals surface area contributed by atoms with E-state index in [2.05, 4.69) is 15.3 Å². The van der Waals surface area contributed by atoms with Crippen LogP contribution < -0.4 is 5.32 Å². The van der Waals surface area contributed by atoms with E-state index in [0.717, 1.165) is 11.3 Å². The van der Waals surface area contributed by atoms with Gasteiger partial charge in [-0.2, -0.15) is 0 Å². The predicted octanol–water partition coefficient (Wildman–Crippen LogP) is 1.32. The smallest absolute Gasteiger partial charge is 0.347 e. The normalized spacial score (nSPS) is 10.3. The molecule has 1 amide bonds. The molecule has 2 aromatic rings. The van der Waals surface area contributed by atoms with Crippen LogP contribution in [-0.4, -0.2) is 31.9 Å². The zero-order valence-electron chi connectivity index (χ0n) is 10.7. The number of H-pyrrole nitrogens is 1. The Morgan fingerprint density at radius 1 is 1.52 bits per heavy atom. The molecule has 0 aliphatic heterocycles. The van der Waals surface area contributed by atoms with E-state index in [1.54, 1.807) is 6.92 Å². The van der Waals surface area contributed by atoms with E-state index in [-0.39, 0.29) is 22.9 Å². The van der Waals surface area contributed by atoms with Crippen molar-refractivity contribution >= 4 is 29.0 Å². The van der Waals surface area contributed by atoms with E-state index in [4.69, 9.17) is 5.11 Å². The van der Waals surface area contributed by atoms with Crippen LogP contribution in [0.5, 0.6) is 0 Å². The number of aromatic carboxylic acids is 1. The topological polar surface area (TPSA) is 138 Å². The molecule has 21 heavy (non-hydrogen) atoms. The summed E-state index contributed by atoms with van der Waals surface area (Å²) >= 11 is 0.971. The maximum atomic E-state index is 11.8. The summed E-state index contributed by atoms with van der Waals surface area (Å²) in [6, 6.07) is 2.48. The fourth-order valence-corrected chi connectivity index (χ4v) is 2.44. The average molecular weight is 310 g/mol. The lowest BCUT2D eigenvalue weighted by atomic mass is 10.4. The minimum Gasteiger partial charge on any atom is -0.477 e. The summed E-state index contributed by atoms with van der Waals surface area (Å²) in [5.74, 6) is -1.88. The van der Waals surface area contributed by atoms with Gasteiger partial charge in [-0.25, -0.2) is 14.8 Å². The number of hydrogen-bond acceptors (Lipinski definition) is 6. The van der Waals surface area contributed by atoms with Crippen molar-refractivity contribution in [3.63, 3.8) is 0 Å². The van der Waals surface area contributed by atoms with Gasteiger partial charge < -0.3 is 20.5 Å². The van der Waals surface area contributed by atoms with E-state index in [1.165, 1.54) is 12.1 Å². The van der Waals surface area contributed by atoms with Crippen LogP contribution >= 0.6 is 11.3 Å². The van der Waals surface area contributed by atoms with Crippen molar-refractivity contribution in [2.24, 2.45) is 0 Å². The van der Waals surface area contributed by atoms with Crippen LogP contribution in [0.3, 0.4) is 0 Å². The number of aromatic nitrogens is 2. The molecule has 10 heteroatoms. The van der Waals surface area contributed by atoms with E-state index < -0.39 is 16.8 Å². The standard InChI is InChI=1S/C11H10N4O5S/c1-5-9(11(17)18)21-8(13-5)4-12-10(16)6-2-3-7(14-6)15(19)20/h2-3,14H,4H2,1H3,(H,12,16)(H,17,18). The largest absolute Gasteiger partial charge is 0.477 e. The second-order valence-electron chi connectivity index (χ2n) is 4.02. The predicted molar refractivity (Wildman–Crippen MR) is 72.4 cm³/mol. The fraction of sp³-hybridized carbons (Fsp3) is 0.182. The van der Waals surface area contributed by atoms with Gasteiger partial charge in [-0.15, -0.1) is 11.3 Å². The summed E-state index contributed by atoms with van der Waals surface area (Å²) in [6.45, 7) is 1.62. The van der Waals surface area contributed by atoms with Crippen LogP contribution in [-0.2, 0) is 6.54 Å². The van der Waals surface area contributed by atoms with Gasteiger partial charge in [0, 0.05) is 6.07 Å². The van der Waals surface area contributed by atoms with E-state index in [0.29, 0.717) is 10.7 Å². The Morgan fingerprint density at radius 3 is 2.76 bits per heavy atom. The van der Waals surface area contributed by atoms with E-state index >= 15 is 0 Å². The first-order chi connectivity index (χ1) is 9.88. The number of aromatic amines is 1. The van der Waals surface area contributed by atoms with Crippen LogP contribution in [0.25, 0.3) is 0 Å². The quantitative estimate of drug-likeness (QED) is 0.562. The maximum Gasteiger partial charge on any atom is 0.347 e. The molecule has 0 radical (unpaired) electrons. The molecule has 0 spiro atoms. The van der Waals surface area contributed by atoms with Gasteiger partial charge in [0.15, 0.2) is 5.69 Å². The number of hydrogen-bond donors (Lipinski definition) is 3. The number of carboxylic acid groups (broad SMARTS) is 1. The van der Waals surface area contributed by atoms with Gasteiger partial charge in [-0.05, 0) is 17.9 Å². The molecule has 3 N–H and O–H groups in total. The van der Waals surface area contributed by atoms with Gasteiger partial charge in [0.1, 0.15) is 9.88 Å². The molecule has 0 saturated heterocycles. The lowest BCUT2D eigenvalue weighted by molar-refractivity contribution is -0.389. The minimum absolute atomic E-state index is 0.0461. The van der Waals surface area contributed by atoms with Crippen LogP contribution in [0, 0.1) is 17.0 Å². The molecule has 0 bridgehead atoms. The van der Waals surface area contributed by atoms with Gasteiger partial charge in [-0.3, -0.25) is 4.79 Å². The maximum absolute atomic E-state index is 11.8. The lowest BCUT2D eigenvalue weighted by Crippen LogP contribution is -2.23. The third-order valence-corrected chi connectivity index (χ3v) is 3.69. The highest BCUT2D eigenvalue weighted by atomic mass is 32.1. The molecule has 2 aromatic heterocycles. The van der Waals surface area contributed by atoms with E-state index in [9.17, 15) is 19.7 Å². The minimum atomic E-state index is -1.07. The van der Waals surface area contributed by atoms with Crippen molar-refractivity contribution in [2.45, 2.75) is 13.5 Å². The van der Waals surface area contributed by atoms with Gasteiger partial charge in [-0.1, -0.05) is 0 Å². The summed E-state index contributed by atoms with van der Waals surface area (Å²) < 4.78 is 0. The van der Waals surface area contributed by atoms with Gasteiger partial charge >= 0.3 is 11.8 Å². The van der Waals surface area contributed by atoms with E-state index in [1.807, 2.05) is 0 Å². The molecule has 0 aliphatic carbocycles. The summed E-state index contributed by atoms with van der Waals surface area (Å²) in [6.07, 6.45) is 0. The SMILES string of the molecule is Cc1nc(CNC(=O)c2ccc([N+](=O)[O-])[nH]2)sc1C(=O)O. The number of amides is 1. The molecular formula is C11H10N4O5S. The second kappa shape index (κ2) is 5.71. The summed E-state index contributed by atoms with van der Waals surface area (Å²) in [4.78, 5) is 39.0. The molecule has 0 aromatic carbocycles. The summed E-state index contributed by atoms with van der Waals surface area (Å²) in [7, 11) is 0. The molecule has 0 atom stereocenters. The molecule has 2 rings (SSSR count). The number of carbonyl (C=O) groups is 2. The van der Waals surface area contributed by atoms with Crippen molar-refractivity contribution in [1.29, 1.82) is 0 Å². The summed E-state index contributed by atoms with van der Waals surface area (Å²) in [5, 5.41) is 22.4. The number of nitrogens with one attached hydrogen (secondary N) is 2. The van der Waals surface area contributed by atoms with Crippen molar-refractivity contribution in [3.8, 4) is 0 Å². The molecule has 110 valence electrons.